The van der Waals surface area contributed by atoms with Crippen LogP contribution in [-0.2, 0) is 16.4 Å². The Morgan fingerprint density at radius 3 is 2.77 bits per heavy atom. The van der Waals surface area contributed by atoms with E-state index in [0.717, 1.165) is 0 Å². The molecule has 5 nitrogen and oxygen atoms in total. The molecule has 1 heterocycles. The zero-order chi connectivity index (χ0) is 9.90. The average molecular weight is 204 g/mol. The second kappa shape index (κ2) is 3.89. The van der Waals surface area contributed by atoms with E-state index < -0.39 is 10.0 Å². The van der Waals surface area contributed by atoms with E-state index in [1.807, 2.05) is 6.92 Å². The second-order valence-electron chi connectivity index (χ2n) is 2.47. The van der Waals surface area contributed by atoms with Gasteiger partial charge in [0.1, 0.15) is 4.90 Å². The van der Waals surface area contributed by atoms with E-state index in [9.17, 15) is 8.42 Å². The van der Waals surface area contributed by atoms with Gasteiger partial charge >= 0.3 is 0 Å². The summed E-state index contributed by atoms with van der Waals surface area (Å²) in [5.41, 5.74) is 0. The van der Waals surface area contributed by atoms with Gasteiger partial charge in [-0.3, -0.25) is 0 Å². The first-order valence-corrected chi connectivity index (χ1v) is 5.53. The van der Waals surface area contributed by atoms with Gasteiger partial charge in [-0.05, 0) is 0 Å². The first kappa shape index (κ1) is 10.2. The Bertz CT molecular complexity index is 369. The summed E-state index contributed by atoms with van der Waals surface area (Å²) in [6, 6.07) is 0. The van der Waals surface area contributed by atoms with Crippen LogP contribution in [0.5, 0.6) is 0 Å². The van der Waals surface area contributed by atoms with Gasteiger partial charge in [0.2, 0.25) is 10.0 Å². The Hall–Kier alpha value is -0.880. The Balaban J connectivity index is 3.07. The largest absolute Gasteiger partial charge is 0.360 e. The summed E-state index contributed by atoms with van der Waals surface area (Å²) in [6.45, 7) is 3.89. The molecule has 0 unspecified atom stereocenters. The Labute approximate surface area is 77.2 Å². The van der Waals surface area contributed by atoms with Crippen molar-refractivity contribution in [1.82, 2.24) is 9.88 Å². The van der Waals surface area contributed by atoms with Crippen molar-refractivity contribution in [3.63, 3.8) is 0 Å². The summed E-state index contributed by atoms with van der Waals surface area (Å²) in [6.07, 6.45) is 1.73. The van der Waals surface area contributed by atoms with Gasteiger partial charge in [-0.2, -0.15) is 0 Å². The fraction of sp³-hybridized carbons (Fsp3) is 0.571. The zero-order valence-corrected chi connectivity index (χ0v) is 8.39. The predicted octanol–water partition coefficient (Wildman–Crippen LogP) is 0.535. The van der Waals surface area contributed by atoms with E-state index >= 15 is 0 Å². The maximum absolute atomic E-state index is 11.5. The van der Waals surface area contributed by atoms with Gasteiger partial charge in [0, 0.05) is 13.0 Å². The number of hydrogen-bond acceptors (Lipinski definition) is 4. The highest BCUT2D eigenvalue weighted by Gasteiger charge is 2.20. The number of aryl methyl sites for hydroxylation is 1. The van der Waals surface area contributed by atoms with Crippen molar-refractivity contribution in [1.29, 1.82) is 0 Å². The van der Waals surface area contributed by atoms with Crippen LogP contribution < -0.4 is 4.72 Å². The van der Waals surface area contributed by atoms with Crippen LogP contribution in [0.15, 0.2) is 15.6 Å². The third kappa shape index (κ3) is 2.07. The maximum Gasteiger partial charge on any atom is 0.245 e. The van der Waals surface area contributed by atoms with Crippen molar-refractivity contribution in [2.45, 2.75) is 25.2 Å². The van der Waals surface area contributed by atoms with E-state index in [0.29, 0.717) is 18.7 Å². The summed E-state index contributed by atoms with van der Waals surface area (Å²) in [5.74, 6) is 0.390. The monoisotopic (exact) mass is 204 g/mol. The van der Waals surface area contributed by atoms with E-state index in [-0.39, 0.29) is 4.90 Å². The number of rotatable bonds is 4. The van der Waals surface area contributed by atoms with Crippen molar-refractivity contribution < 1.29 is 12.9 Å². The highest BCUT2D eigenvalue weighted by Crippen LogP contribution is 2.14. The minimum atomic E-state index is -3.42. The quantitative estimate of drug-likeness (QED) is 0.776. The molecular formula is C7H12N2O3S. The third-order valence-electron chi connectivity index (χ3n) is 1.55. The number of nitrogens with one attached hydrogen (secondary N) is 1. The summed E-state index contributed by atoms with van der Waals surface area (Å²) in [7, 11) is -3.42. The Kier molecular flexibility index (Phi) is 3.05. The molecule has 0 fully saturated rings. The summed E-state index contributed by atoms with van der Waals surface area (Å²) >= 11 is 0. The first-order chi connectivity index (χ1) is 6.11. The number of aromatic nitrogens is 1. The molecule has 0 aromatic carbocycles. The lowest BCUT2D eigenvalue weighted by Gasteiger charge is -2.01. The lowest BCUT2D eigenvalue weighted by molar-refractivity contribution is 0.383. The summed E-state index contributed by atoms with van der Waals surface area (Å²) in [5, 5.41) is 3.45. The molecule has 1 rings (SSSR count). The molecule has 6 heteroatoms. The predicted molar refractivity (Wildman–Crippen MR) is 46.7 cm³/mol. The average Bonchev–Trinajstić information content (AvgIpc) is 2.51. The SMILES string of the molecule is CCNS(=O)(=O)c1cnoc1CC. The standard InChI is InChI=1S/C7H12N2O3S/c1-3-6-7(5-8-12-6)13(10,11)9-4-2/h5,9H,3-4H2,1-2H3. The van der Waals surface area contributed by atoms with Gasteiger partial charge < -0.3 is 4.52 Å². The Morgan fingerprint density at radius 1 is 1.54 bits per heavy atom. The number of sulfonamides is 1. The fourth-order valence-electron chi connectivity index (χ4n) is 0.981. The molecule has 0 amide bonds. The third-order valence-corrected chi connectivity index (χ3v) is 3.13. The highest BCUT2D eigenvalue weighted by molar-refractivity contribution is 7.89. The Morgan fingerprint density at radius 2 is 2.23 bits per heavy atom. The van der Waals surface area contributed by atoms with E-state index in [2.05, 4.69) is 9.88 Å². The van der Waals surface area contributed by atoms with E-state index in [1.165, 1.54) is 6.20 Å². The minimum Gasteiger partial charge on any atom is -0.360 e. The molecule has 0 bridgehead atoms. The van der Waals surface area contributed by atoms with E-state index in [1.54, 1.807) is 6.92 Å². The normalized spacial score (nSPS) is 11.8. The molecule has 0 radical (unpaired) electrons. The highest BCUT2D eigenvalue weighted by atomic mass is 32.2. The number of hydrogen-bond donors (Lipinski definition) is 1. The van der Waals surface area contributed by atoms with Gasteiger partial charge in [-0.1, -0.05) is 19.0 Å². The molecule has 0 atom stereocenters. The van der Waals surface area contributed by atoms with Gasteiger partial charge in [-0.15, -0.1) is 0 Å². The van der Waals surface area contributed by atoms with Crippen LogP contribution in [0.1, 0.15) is 19.6 Å². The van der Waals surface area contributed by atoms with Crippen LogP contribution in [0.25, 0.3) is 0 Å². The molecule has 0 aliphatic carbocycles. The maximum atomic E-state index is 11.5. The van der Waals surface area contributed by atoms with Gasteiger partial charge in [0.05, 0.1) is 6.20 Å². The first-order valence-electron chi connectivity index (χ1n) is 4.05. The van der Waals surface area contributed by atoms with Crippen molar-refractivity contribution in [3.05, 3.63) is 12.0 Å². The molecule has 0 aliphatic heterocycles. The van der Waals surface area contributed by atoms with Crippen molar-refractivity contribution in [2.75, 3.05) is 6.54 Å². The van der Waals surface area contributed by atoms with Crippen LogP contribution in [0.2, 0.25) is 0 Å². The van der Waals surface area contributed by atoms with Crippen LogP contribution in [0, 0.1) is 0 Å². The smallest absolute Gasteiger partial charge is 0.245 e. The molecule has 74 valence electrons. The van der Waals surface area contributed by atoms with Crippen LogP contribution >= 0.6 is 0 Å². The number of nitrogens with zero attached hydrogens (tertiary/aromatic N) is 1. The minimum absolute atomic E-state index is 0.136. The van der Waals surface area contributed by atoms with E-state index in [4.69, 9.17) is 4.52 Å². The van der Waals surface area contributed by atoms with Gasteiger partial charge in [0.15, 0.2) is 5.76 Å². The van der Waals surface area contributed by atoms with Gasteiger partial charge in [-0.25, -0.2) is 13.1 Å². The molecule has 13 heavy (non-hydrogen) atoms. The summed E-state index contributed by atoms with van der Waals surface area (Å²) < 4.78 is 30.1. The molecule has 1 N–H and O–H groups in total. The fourth-order valence-corrected chi connectivity index (χ4v) is 2.18. The lowest BCUT2D eigenvalue weighted by Crippen LogP contribution is -2.23. The molecule has 0 saturated heterocycles. The van der Waals surface area contributed by atoms with Crippen molar-refractivity contribution in [2.24, 2.45) is 0 Å². The summed E-state index contributed by atoms with van der Waals surface area (Å²) in [4.78, 5) is 0.136. The van der Waals surface area contributed by atoms with Crippen molar-refractivity contribution in [3.8, 4) is 0 Å². The zero-order valence-electron chi connectivity index (χ0n) is 7.57. The lowest BCUT2D eigenvalue weighted by atomic mass is 10.4. The van der Waals surface area contributed by atoms with Crippen molar-refractivity contribution >= 4 is 10.0 Å². The topological polar surface area (TPSA) is 72.2 Å². The second-order valence-corrected chi connectivity index (χ2v) is 4.20. The molecule has 0 saturated carbocycles. The van der Waals surface area contributed by atoms with Crippen LogP contribution in [0.3, 0.4) is 0 Å². The van der Waals surface area contributed by atoms with Crippen LogP contribution in [0.4, 0.5) is 0 Å². The van der Waals surface area contributed by atoms with Gasteiger partial charge in [0.25, 0.3) is 0 Å². The molecule has 0 aliphatic rings. The molecule has 0 spiro atoms. The van der Waals surface area contributed by atoms with Crippen LogP contribution in [-0.4, -0.2) is 20.1 Å². The molecule has 1 aromatic heterocycles. The molecular weight excluding hydrogens is 192 g/mol. The molecule has 1 aromatic rings.